The number of fused-ring (bicyclic) bond motifs is 1. The minimum absolute atomic E-state index is 0.617. The predicted octanol–water partition coefficient (Wildman–Crippen LogP) is 1.76. The lowest BCUT2D eigenvalue weighted by Gasteiger charge is -2.27. The molecule has 2 aromatic rings. The van der Waals surface area contributed by atoms with Crippen LogP contribution >= 0.6 is 0 Å². The molecule has 20 heavy (non-hydrogen) atoms. The Bertz CT molecular complexity index is 583. The van der Waals surface area contributed by atoms with Crippen LogP contribution in [0.5, 0.6) is 0 Å². The average Bonchev–Trinajstić information content (AvgIpc) is 2.90. The second-order valence-electron chi connectivity index (χ2n) is 5.82. The van der Waals surface area contributed by atoms with Gasteiger partial charge in [0, 0.05) is 44.5 Å². The highest BCUT2D eigenvalue weighted by atomic mass is 15.3. The van der Waals surface area contributed by atoms with Crippen LogP contribution in [0.2, 0.25) is 0 Å². The molecular weight excluding hydrogens is 250 g/mol. The van der Waals surface area contributed by atoms with Gasteiger partial charge in [0.1, 0.15) is 11.6 Å². The normalized spacial score (nSPS) is 19.1. The minimum atomic E-state index is 0.617. The summed E-state index contributed by atoms with van der Waals surface area (Å²) in [4.78, 5) is 2.48. The molecule has 1 atom stereocenters. The van der Waals surface area contributed by atoms with E-state index in [1.165, 1.54) is 18.5 Å². The first-order valence-corrected chi connectivity index (χ1v) is 7.34. The summed E-state index contributed by atoms with van der Waals surface area (Å²) in [5.41, 5.74) is 1.37. The fraction of sp³-hybridized carbons (Fsp3) is 0.600. The second kappa shape index (κ2) is 5.40. The van der Waals surface area contributed by atoms with Gasteiger partial charge in [0.25, 0.3) is 0 Å². The molecule has 0 saturated heterocycles. The maximum absolute atomic E-state index is 4.29. The first-order valence-electron chi connectivity index (χ1n) is 7.34. The number of aryl methyl sites for hydroxylation is 3. The lowest BCUT2D eigenvalue weighted by molar-refractivity contribution is 0.206. The zero-order chi connectivity index (χ0) is 14.1. The van der Waals surface area contributed by atoms with Crippen molar-refractivity contribution < 1.29 is 0 Å². The average molecular weight is 273 g/mol. The van der Waals surface area contributed by atoms with Crippen LogP contribution < -0.4 is 0 Å². The summed E-state index contributed by atoms with van der Waals surface area (Å²) >= 11 is 0. The van der Waals surface area contributed by atoms with Gasteiger partial charge in [-0.25, -0.2) is 0 Å². The first-order chi connectivity index (χ1) is 9.65. The lowest BCUT2D eigenvalue weighted by Crippen LogP contribution is -2.32. The second-order valence-corrected chi connectivity index (χ2v) is 5.82. The van der Waals surface area contributed by atoms with E-state index in [1.807, 2.05) is 6.92 Å². The smallest absolute Gasteiger partial charge is 0.133 e. The molecule has 0 amide bonds. The van der Waals surface area contributed by atoms with E-state index in [4.69, 9.17) is 0 Å². The van der Waals surface area contributed by atoms with Crippen molar-refractivity contribution in [3.63, 3.8) is 0 Å². The molecule has 3 rings (SSSR count). The fourth-order valence-electron chi connectivity index (χ4n) is 3.10. The van der Waals surface area contributed by atoms with E-state index in [0.717, 1.165) is 31.2 Å². The van der Waals surface area contributed by atoms with E-state index in [0.29, 0.717) is 6.04 Å². The van der Waals surface area contributed by atoms with Crippen molar-refractivity contribution in [2.45, 2.75) is 45.3 Å². The number of nitrogens with zero attached hydrogens (tertiary/aromatic N) is 5. The fourth-order valence-corrected chi connectivity index (χ4v) is 3.10. The van der Waals surface area contributed by atoms with Crippen LogP contribution in [0.1, 0.15) is 30.2 Å². The Morgan fingerprint density at radius 1 is 1.35 bits per heavy atom. The number of hydrogen-bond acceptors (Lipinski definition) is 3. The highest BCUT2D eigenvalue weighted by molar-refractivity contribution is 5.06. The van der Waals surface area contributed by atoms with Crippen molar-refractivity contribution in [1.29, 1.82) is 0 Å². The van der Waals surface area contributed by atoms with Crippen molar-refractivity contribution >= 4 is 0 Å². The first kappa shape index (κ1) is 13.4. The molecule has 3 heterocycles. The van der Waals surface area contributed by atoms with E-state index in [1.54, 1.807) is 0 Å². The number of hydrogen-bond donors (Lipinski definition) is 0. The maximum atomic E-state index is 4.29. The summed E-state index contributed by atoms with van der Waals surface area (Å²) in [6.07, 6.45) is 5.48. The third-order valence-corrected chi connectivity index (χ3v) is 4.49. The SMILES string of the molecule is Cc1nnc2n1CCC(N(C)Cc1cccn1C)CC2. The van der Waals surface area contributed by atoms with Gasteiger partial charge in [-0.15, -0.1) is 10.2 Å². The van der Waals surface area contributed by atoms with Crippen LogP contribution in [0.3, 0.4) is 0 Å². The molecule has 1 aliphatic rings. The van der Waals surface area contributed by atoms with Crippen LogP contribution in [0.25, 0.3) is 0 Å². The zero-order valence-corrected chi connectivity index (χ0v) is 12.6. The zero-order valence-electron chi connectivity index (χ0n) is 12.6. The van der Waals surface area contributed by atoms with Gasteiger partial charge in [0.2, 0.25) is 0 Å². The van der Waals surface area contributed by atoms with Gasteiger partial charge in [-0.3, -0.25) is 4.90 Å². The minimum Gasteiger partial charge on any atom is -0.353 e. The summed E-state index contributed by atoms with van der Waals surface area (Å²) in [5.74, 6) is 2.20. The topological polar surface area (TPSA) is 38.9 Å². The summed E-state index contributed by atoms with van der Waals surface area (Å²) in [5, 5.41) is 8.47. The quantitative estimate of drug-likeness (QED) is 0.855. The predicted molar refractivity (Wildman–Crippen MR) is 78.4 cm³/mol. The van der Waals surface area contributed by atoms with E-state index in [2.05, 4.69) is 56.7 Å². The van der Waals surface area contributed by atoms with Crippen LogP contribution in [0, 0.1) is 6.92 Å². The van der Waals surface area contributed by atoms with Crippen molar-refractivity contribution in [2.24, 2.45) is 7.05 Å². The molecule has 0 aromatic carbocycles. The largest absolute Gasteiger partial charge is 0.353 e. The molecule has 108 valence electrons. The Kier molecular flexibility index (Phi) is 3.61. The molecule has 5 heteroatoms. The summed E-state index contributed by atoms with van der Waals surface area (Å²) in [6.45, 7) is 4.09. The van der Waals surface area contributed by atoms with E-state index >= 15 is 0 Å². The van der Waals surface area contributed by atoms with Gasteiger partial charge >= 0.3 is 0 Å². The molecule has 0 saturated carbocycles. The molecule has 0 bridgehead atoms. The van der Waals surface area contributed by atoms with E-state index < -0.39 is 0 Å². The summed E-state index contributed by atoms with van der Waals surface area (Å²) < 4.78 is 4.47. The van der Waals surface area contributed by atoms with Gasteiger partial charge in [0.15, 0.2) is 0 Å². The molecule has 5 nitrogen and oxygen atoms in total. The van der Waals surface area contributed by atoms with Crippen molar-refractivity contribution in [3.8, 4) is 0 Å². The molecule has 0 radical (unpaired) electrons. The third kappa shape index (κ3) is 2.50. The van der Waals surface area contributed by atoms with Crippen LogP contribution in [-0.2, 0) is 26.6 Å². The van der Waals surface area contributed by atoms with Gasteiger partial charge in [-0.05, 0) is 38.9 Å². The molecule has 2 aromatic heterocycles. The molecule has 0 aliphatic carbocycles. The Balaban J connectivity index is 1.66. The van der Waals surface area contributed by atoms with Crippen molar-refractivity contribution in [1.82, 2.24) is 24.2 Å². The Morgan fingerprint density at radius 3 is 2.95 bits per heavy atom. The van der Waals surface area contributed by atoms with Crippen molar-refractivity contribution in [3.05, 3.63) is 35.7 Å². The summed E-state index contributed by atoms with van der Waals surface area (Å²) in [6, 6.07) is 4.93. The van der Waals surface area contributed by atoms with Crippen LogP contribution in [0.15, 0.2) is 18.3 Å². The van der Waals surface area contributed by atoms with Crippen LogP contribution in [0.4, 0.5) is 0 Å². The summed E-state index contributed by atoms with van der Waals surface area (Å²) in [7, 11) is 4.35. The Hall–Kier alpha value is -1.62. The molecule has 1 aliphatic heterocycles. The van der Waals surface area contributed by atoms with Gasteiger partial charge < -0.3 is 9.13 Å². The molecule has 0 spiro atoms. The molecular formula is C15H23N5. The molecule has 0 N–H and O–H groups in total. The van der Waals surface area contributed by atoms with Crippen LogP contribution in [-0.4, -0.2) is 37.3 Å². The number of rotatable bonds is 3. The highest BCUT2D eigenvalue weighted by Gasteiger charge is 2.22. The van der Waals surface area contributed by atoms with E-state index in [9.17, 15) is 0 Å². The monoisotopic (exact) mass is 273 g/mol. The van der Waals surface area contributed by atoms with Crippen molar-refractivity contribution in [2.75, 3.05) is 7.05 Å². The van der Waals surface area contributed by atoms with E-state index in [-0.39, 0.29) is 0 Å². The Labute approximate surface area is 120 Å². The Morgan fingerprint density at radius 2 is 2.20 bits per heavy atom. The standard InChI is InChI=1S/C15H23N5/c1-12-16-17-15-7-6-13(8-10-20(12)15)19(3)11-14-5-4-9-18(14)2/h4-5,9,13H,6-8,10-11H2,1-3H3. The molecule has 0 fully saturated rings. The molecule has 1 unspecified atom stereocenters. The maximum Gasteiger partial charge on any atom is 0.133 e. The third-order valence-electron chi connectivity index (χ3n) is 4.49. The lowest BCUT2D eigenvalue weighted by atomic mass is 10.1. The number of aromatic nitrogens is 4. The van der Waals surface area contributed by atoms with Gasteiger partial charge in [-0.2, -0.15) is 0 Å². The van der Waals surface area contributed by atoms with Gasteiger partial charge in [0.05, 0.1) is 0 Å². The van der Waals surface area contributed by atoms with Gasteiger partial charge in [-0.1, -0.05) is 0 Å². The highest BCUT2D eigenvalue weighted by Crippen LogP contribution is 2.20.